The number of ether oxygens (including phenoxy) is 2. The van der Waals surface area contributed by atoms with Gasteiger partial charge in [-0.2, -0.15) is 0 Å². The first-order chi connectivity index (χ1) is 19.5. The molecule has 40 heavy (non-hydrogen) atoms. The second-order valence-corrected chi connectivity index (χ2v) is 10.2. The molecule has 0 aromatic heterocycles. The summed E-state index contributed by atoms with van der Waals surface area (Å²) in [5, 5.41) is 11.9. The number of likely N-dealkylation sites (tertiary alicyclic amines) is 1. The van der Waals surface area contributed by atoms with Crippen molar-refractivity contribution in [2.75, 3.05) is 33.0 Å². The van der Waals surface area contributed by atoms with Gasteiger partial charge in [0.15, 0.2) is 11.5 Å². The summed E-state index contributed by atoms with van der Waals surface area (Å²) in [5.74, 6) is 2.00. The fraction of sp³-hybridized carbons (Fsp3) is 0.344. The molecule has 1 heterocycles. The summed E-state index contributed by atoms with van der Waals surface area (Å²) in [5.41, 5.74) is 9.60. The number of piperidine rings is 1. The molecule has 0 radical (unpaired) electrons. The van der Waals surface area contributed by atoms with E-state index in [4.69, 9.17) is 20.6 Å². The average Bonchev–Trinajstić information content (AvgIpc) is 3.84. The molecule has 5 rings (SSSR count). The molecular formula is C32H38N4O4. The predicted molar refractivity (Wildman–Crippen MR) is 157 cm³/mol. The van der Waals surface area contributed by atoms with Gasteiger partial charge in [-0.25, -0.2) is 0 Å². The number of nitrogens with zero attached hydrogens (tertiary/aromatic N) is 1. The van der Waals surface area contributed by atoms with Crippen LogP contribution in [0.3, 0.4) is 0 Å². The third kappa shape index (κ3) is 7.27. The smallest absolute Gasteiger partial charge is 0.209 e. The van der Waals surface area contributed by atoms with Crippen LogP contribution in [0.5, 0.6) is 11.5 Å². The third-order valence-corrected chi connectivity index (χ3v) is 7.42. The summed E-state index contributed by atoms with van der Waals surface area (Å²) in [6.45, 7) is 1.34. The van der Waals surface area contributed by atoms with E-state index in [9.17, 15) is 9.59 Å². The minimum Gasteiger partial charge on any atom is -0.493 e. The molecule has 1 atom stereocenters. The largest absolute Gasteiger partial charge is 0.493 e. The van der Waals surface area contributed by atoms with Gasteiger partial charge in [-0.05, 0) is 67.8 Å². The van der Waals surface area contributed by atoms with Crippen molar-refractivity contribution < 1.29 is 19.1 Å². The molecule has 2 fully saturated rings. The number of carbonyl (C=O) groups is 2. The highest BCUT2D eigenvalue weighted by Crippen LogP contribution is 2.40. The number of anilines is 1. The number of amides is 1. The Bertz CT molecular complexity index is 1300. The minimum absolute atomic E-state index is 0.00955. The normalized spacial score (nSPS) is 15.8. The number of carbonyl (C=O) groups excluding carboxylic acids is 2. The second-order valence-electron chi connectivity index (χ2n) is 10.2. The molecule has 0 bridgehead atoms. The van der Waals surface area contributed by atoms with Crippen LogP contribution in [0.15, 0.2) is 66.7 Å². The van der Waals surface area contributed by atoms with Crippen LogP contribution in [0, 0.1) is 11.3 Å². The zero-order chi connectivity index (χ0) is 28.5. The summed E-state index contributed by atoms with van der Waals surface area (Å²) >= 11 is 0. The van der Waals surface area contributed by atoms with Crippen molar-refractivity contribution in [3.05, 3.63) is 89.0 Å². The van der Waals surface area contributed by atoms with E-state index in [1.54, 1.807) is 48.4 Å². The zero-order valence-electron chi connectivity index (χ0n) is 23.1. The molecule has 8 heteroatoms. The zero-order valence-corrected chi connectivity index (χ0v) is 23.1. The Hall–Kier alpha value is -4.17. The molecule has 3 aromatic rings. The molecule has 1 saturated carbocycles. The number of nitrogens with one attached hydrogen (secondary N) is 2. The molecule has 1 saturated heterocycles. The summed E-state index contributed by atoms with van der Waals surface area (Å²) in [6.07, 6.45) is 5.89. The Balaban J connectivity index is 0.000000255. The van der Waals surface area contributed by atoms with Crippen LogP contribution in [-0.4, -0.2) is 56.7 Å². The number of methoxy groups -OCH3 is 1. The maximum absolute atomic E-state index is 11.0. The van der Waals surface area contributed by atoms with E-state index in [-0.39, 0.29) is 11.8 Å². The van der Waals surface area contributed by atoms with Crippen LogP contribution >= 0.6 is 0 Å². The van der Waals surface area contributed by atoms with Crippen molar-refractivity contribution in [2.45, 2.75) is 37.8 Å². The molecule has 1 aliphatic carbocycles. The van der Waals surface area contributed by atoms with Gasteiger partial charge < -0.3 is 25.4 Å². The van der Waals surface area contributed by atoms with Crippen molar-refractivity contribution in [1.29, 1.82) is 5.41 Å². The van der Waals surface area contributed by atoms with Gasteiger partial charge in [0, 0.05) is 54.4 Å². The van der Waals surface area contributed by atoms with E-state index in [1.807, 2.05) is 0 Å². The molecular weight excluding hydrogens is 504 g/mol. The Kier molecular flexibility index (Phi) is 9.91. The van der Waals surface area contributed by atoms with Gasteiger partial charge in [0.2, 0.25) is 6.41 Å². The Morgan fingerprint density at radius 2 is 1.73 bits per heavy atom. The molecule has 1 unspecified atom stereocenters. The number of nitrogen functional groups attached to an aromatic ring is 1. The maximum atomic E-state index is 11.0. The molecule has 1 aliphatic heterocycles. The van der Waals surface area contributed by atoms with Crippen LogP contribution in [0.4, 0.5) is 5.69 Å². The molecule has 2 aliphatic rings. The molecule has 3 aromatic carbocycles. The van der Waals surface area contributed by atoms with E-state index in [2.05, 4.69) is 42.7 Å². The first-order valence-corrected chi connectivity index (χ1v) is 13.7. The number of rotatable bonds is 10. The van der Waals surface area contributed by atoms with Gasteiger partial charge >= 0.3 is 0 Å². The SMILES string of the molecule is CNC(c1ccccc1)C1CC1.COc1cc(C(=N)c2cc(C=O)ccc2N)ccc1OC1CCN(C=O)CC1. The lowest BCUT2D eigenvalue weighted by Crippen LogP contribution is -2.37. The predicted octanol–water partition coefficient (Wildman–Crippen LogP) is 4.86. The fourth-order valence-corrected chi connectivity index (χ4v) is 4.98. The lowest BCUT2D eigenvalue weighted by molar-refractivity contribution is -0.119. The molecule has 4 N–H and O–H groups in total. The molecule has 8 nitrogen and oxygen atoms in total. The number of hydrogen-bond acceptors (Lipinski definition) is 7. The van der Waals surface area contributed by atoms with Gasteiger partial charge in [-0.1, -0.05) is 30.3 Å². The van der Waals surface area contributed by atoms with Gasteiger partial charge in [0.1, 0.15) is 12.4 Å². The quantitative estimate of drug-likeness (QED) is 0.191. The highest BCUT2D eigenvalue weighted by molar-refractivity contribution is 6.14. The number of aldehydes is 1. The Morgan fingerprint density at radius 3 is 2.33 bits per heavy atom. The van der Waals surface area contributed by atoms with E-state index in [0.29, 0.717) is 53.0 Å². The van der Waals surface area contributed by atoms with Crippen molar-refractivity contribution in [2.24, 2.45) is 5.92 Å². The molecule has 210 valence electrons. The van der Waals surface area contributed by atoms with Crippen LogP contribution < -0.4 is 20.5 Å². The maximum Gasteiger partial charge on any atom is 0.209 e. The van der Waals surface area contributed by atoms with Crippen LogP contribution in [0.25, 0.3) is 0 Å². The fourth-order valence-electron chi connectivity index (χ4n) is 4.98. The Morgan fingerprint density at radius 1 is 1.00 bits per heavy atom. The first kappa shape index (κ1) is 28.8. The highest BCUT2D eigenvalue weighted by atomic mass is 16.5. The van der Waals surface area contributed by atoms with E-state index in [0.717, 1.165) is 31.5 Å². The highest BCUT2D eigenvalue weighted by Gasteiger charge is 2.30. The van der Waals surface area contributed by atoms with Crippen molar-refractivity contribution in [1.82, 2.24) is 10.2 Å². The number of nitrogens with two attached hydrogens (primary N) is 1. The summed E-state index contributed by atoms with van der Waals surface area (Å²) in [7, 11) is 3.60. The lowest BCUT2D eigenvalue weighted by atomic mass is 9.98. The van der Waals surface area contributed by atoms with Crippen LogP contribution in [-0.2, 0) is 4.79 Å². The van der Waals surface area contributed by atoms with Crippen molar-refractivity contribution >= 4 is 24.1 Å². The summed E-state index contributed by atoms with van der Waals surface area (Å²) in [4.78, 5) is 23.6. The summed E-state index contributed by atoms with van der Waals surface area (Å²) in [6, 6.07) is 21.4. The van der Waals surface area contributed by atoms with Gasteiger partial charge in [0.05, 0.1) is 12.8 Å². The minimum atomic E-state index is 0.00955. The Labute approximate surface area is 236 Å². The first-order valence-electron chi connectivity index (χ1n) is 13.7. The number of hydrogen-bond donors (Lipinski definition) is 3. The van der Waals surface area contributed by atoms with Crippen molar-refractivity contribution in [3.8, 4) is 11.5 Å². The van der Waals surface area contributed by atoms with E-state index < -0.39 is 0 Å². The van der Waals surface area contributed by atoms with E-state index in [1.165, 1.54) is 18.4 Å². The van der Waals surface area contributed by atoms with Gasteiger partial charge in [-0.3, -0.25) is 15.0 Å². The van der Waals surface area contributed by atoms with Crippen LogP contribution in [0.2, 0.25) is 0 Å². The van der Waals surface area contributed by atoms with Gasteiger partial charge in [-0.15, -0.1) is 0 Å². The lowest BCUT2D eigenvalue weighted by Gasteiger charge is -2.30. The average molecular weight is 543 g/mol. The number of benzene rings is 3. The standard InChI is InChI=1S/C21H23N3O4.C11H15N/c1-27-20-11-15(21(23)17-10-14(12-25)2-4-18(17)22)3-5-19(20)28-16-6-8-24(13-26)9-7-16;1-12-11(10-7-8-10)9-5-3-2-4-6-9/h2-5,10-13,16,23H,6-9,22H2,1H3;2-6,10-12H,7-8H2,1H3. The summed E-state index contributed by atoms with van der Waals surface area (Å²) < 4.78 is 11.5. The van der Waals surface area contributed by atoms with E-state index >= 15 is 0 Å². The molecule has 0 spiro atoms. The monoisotopic (exact) mass is 542 g/mol. The van der Waals surface area contributed by atoms with Crippen LogP contribution in [0.1, 0.15) is 58.8 Å². The van der Waals surface area contributed by atoms with Crippen molar-refractivity contribution in [3.63, 3.8) is 0 Å². The molecule has 1 amide bonds. The second kappa shape index (κ2) is 13.8. The third-order valence-electron chi connectivity index (χ3n) is 7.42. The topological polar surface area (TPSA) is 118 Å². The van der Waals surface area contributed by atoms with Gasteiger partial charge in [0.25, 0.3) is 0 Å².